The van der Waals surface area contributed by atoms with E-state index in [2.05, 4.69) is 58.1 Å². The fourth-order valence-corrected chi connectivity index (χ4v) is 3.65. The van der Waals surface area contributed by atoms with Crippen LogP contribution in [0.3, 0.4) is 0 Å². The fourth-order valence-electron chi connectivity index (χ4n) is 3.65. The Hall–Kier alpha value is -2.24. The first kappa shape index (κ1) is 16.2. The van der Waals surface area contributed by atoms with E-state index in [-0.39, 0.29) is 0 Å². The Labute approximate surface area is 148 Å². The molecule has 1 aromatic carbocycles. The van der Waals surface area contributed by atoms with Crippen molar-refractivity contribution in [2.24, 2.45) is 0 Å². The van der Waals surface area contributed by atoms with Crippen molar-refractivity contribution < 1.29 is 0 Å². The van der Waals surface area contributed by atoms with E-state index in [1.54, 1.807) is 0 Å². The standard InChI is InChI=1S/C20H25N5/c1-24(2)17-7-10-25(11-8-17)14-15-4-3-5-16(12-15)19-13-22-20-18(23-19)6-9-21-20/h3-6,9,12-13,17H,7-8,10-11,14H2,1-2H3,(H,21,22). The summed E-state index contributed by atoms with van der Waals surface area (Å²) in [4.78, 5) is 17.2. The predicted molar refractivity (Wildman–Crippen MR) is 101 cm³/mol. The lowest BCUT2D eigenvalue weighted by Crippen LogP contribution is -2.41. The van der Waals surface area contributed by atoms with E-state index < -0.39 is 0 Å². The molecule has 0 amide bonds. The van der Waals surface area contributed by atoms with Gasteiger partial charge in [-0.1, -0.05) is 18.2 Å². The van der Waals surface area contributed by atoms with Gasteiger partial charge < -0.3 is 9.88 Å². The maximum atomic E-state index is 4.71. The topological polar surface area (TPSA) is 48.0 Å². The SMILES string of the molecule is CN(C)C1CCN(Cc2cccc(-c3cnc4[nH]ccc4n3)c2)CC1. The minimum atomic E-state index is 0.728. The Bertz CT molecular complexity index is 846. The number of hydrogen-bond donors (Lipinski definition) is 1. The Morgan fingerprint density at radius 2 is 2.04 bits per heavy atom. The predicted octanol–water partition coefficient (Wildman–Crippen LogP) is 3.15. The molecule has 1 N–H and O–H groups in total. The van der Waals surface area contributed by atoms with Gasteiger partial charge in [-0.2, -0.15) is 0 Å². The summed E-state index contributed by atoms with van der Waals surface area (Å²) in [5, 5.41) is 0. The van der Waals surface area contributed by atoms with Crippen LogP contribution < -0.4 is 0 Å². The molecule has 0 atom stereocenters. The molecule has 2 aromatic heterocycles. The lowest BCUT2D eigenvalue weighted by Gasteiger charge is -2.35. The molecular formula is C20H25N5. The number of piperidine rings is 1. The van der Waals surface area contributed by atoms with Gasteiger partial charge in [0.15, 0.2) is 5.65 Å². The molecule has 0 saturated carbocycles. The third-order valence-corrected chi connectivity index (χ3v) is 5.18. The van der Waals surface area contributed by atoms with Gasteiger partial charge >= 0.3 is 0 Å². The van der Waals surface area contributed by atoms with Crippen LogP contribution in [0.2, 0.25) is 0 Å². The summed E-state index contributed by atoms with van der Waals surface area (Å²) in [6.45, 7) is 3.35. The monoisotopic (exact) mass is 335 g/mol. The number of aromatic nitrogens is 3. The van der Waals surface area contributed by atoms with Gasteiger partial charge in [0.2, 0.25) is 0 Å². The van der Waals surface area contributed by atoms with Crippen molar-refractivity contribution in [3.8, 4) is 11.3 Å². The maximum Gasteiger partial charge on any atom is 0.156 e. The highest BCUT2D eigenvalue weighted by Crippen LogP contribution is 2.22. The van der Waals surface area contributed by atoms with Crippen LogP contribution in [0, 0.1) is 0 Å². The van der Waals surface area contributed by atoms with Crippen molar-refractivity contribution in [3.05, 3.63) is 48.3 Å². The van der Waals surface area contributed by atoms with E-state index in [9.17, 15) is 0 Å². The first-order valence-corrected chi connectivity index (χ1v) is 8.97. The Morgan fingerprint density at radius 3 is 2.84 bits per heavy atom. The molecule has 3 aromatic rings. The third kappa shape index (κ3) is 3.57. The second-order valence-electron chi connectivity index (χ2n) is 7.14. The molecule has 130 valence electrons. The highest BCUT2D eigenvalue weighted by atomic mass is 15.2. The van der Waals surface area contributed by atoms with Gasteiger partial charge in [-0.3, -0.25) is 4.90 Å². The summed E-state index contributed by atoms with van der Waals surface area (Å²) < 4.78 is 0. The lowest BCUT2D eigenvalue weighted by atomic mass is 10.0. The molecule has 3 heterocycles. The highest BCUT2D eigenvalue weighted by Gasteiger charge is 2.20. The van der Waals surface area contributed by atoms with Crippen LogP contribution in [-0.4, -0.2) is 58.0 Å². The Kier molecular flexibility index (Phi) is 4.51. The molecule has 5 heteroatoms. The summed E-state index contributed by atoms with van der Waals surface area (Å²) in [5.41, 5.74) is 5.16. The molecule has 0 unspecified atom stereocenters. The minimum absolute atomic E-state index is 0.728. The largest absolute Gasteiger partial charge is 0.345 e. The summed E-state index contributed by atoms with van der Waals surface area (Å²) >= 11 is 0. The van der Waals surface area contributed by atoms with E-state index in [0.29, 0.717) is 0 Å². The van der Waals surface area contributed by atoms with Crippen LogP contribution >= 0.6 is 0 Å². The highest BCUT2D eigenvalue weighted by molar-refractivity contribution is 5.74. The number of likely N-dealkylation sites (tertiary alicyclic amines) is 1. The molecule has 4 rings (SSSR count). The lowest BCUT2D eigenvalue weighted by molar-refractivity contribution is 0.140. The fraction of sp³-hybridized carbons (Fsp3) is 0.400. The van der Waals surface area contributed by atoms with Crippen LogP contribution in [0.1, 0.15) is 18.4 Å². The number of hydrogen-bond acceptors (Lipinski definition) is 4. The molecule has 5 nitrogen and oxygen atoms in total. The van der Waals surface area contributed by atoms with Crippen LogP contribution in [0.4, 0.5) is 0 Å². The van der Waals surface area contributed by atoms with Crippen molar-refractivity contribution in [1.82, 2.24) is 24.8 Å². The maximum absolute atomic E-state index is 4.71. The van der Waals surface area contributed by atoms with Crippen LogP contribution in [-0.2, 0) is 6.54 Å². The molecule has 0 radical (unpaired) electrons. The number of aromatic amines is 1. The van der Waals surface area contributed by atoms with E-state index in [1.807, 2.05) is 18.5 Å². The summed E-state index contributed by atoms with van der Waals surface area (Å²) in [7, 11) is 4.37. The van der Waals surface area contributed by atoms with Gasteiger partial charge in [0.1, 0.15) is 5.52 Å². The van der Waals surface area contributed by atoms with Crippen LogP contribution in [0.15, 0.2) is 42.7 Å². The van der Waals surface area contributed by atoms with Gasteiger partial charge in [0.25, 0.3) is 0 Å². The van der Waals surface area contributed by atoms with Gasteiger partial charge in [-0.05, 0) is 57.7 Å². The normalized spacial score (nSPS) is 16.8. The van der Waals surface area contributed by atoms with Crippen LogP contribution in [0.5, 0.6) is 0 Å². The van der Waals surface area contributed by atoms with Crippen molar-refractivity contribution >= 4 is 11.2 Å². The van der Waals surface area contributed by atoms with Crippen molar-refractivity contribution in [3.63, 3.8) is 0 Å². The van der Waals surface area contributed by atoms with Gasteiger partial charge in [-0.15, -0.1) is 0 Å². The number of benzene rings is 1. The zero-order chi connectivity index (χ0) is 17.2. The van der Waals surface area contributed by atoms with E-state index in [0.717, 1.165) is 35.0 Å². The number of fused-ring (bicyclic) bond motifs is 1. The summed E-state index contributed by atoms with van der Waals surface area (Å²) in [6.07, 6.45) is 6.23. The van der Waals surface area contributed by atoms with Crippen molar-refractivity contribution in [1.29, 1.82) is 0 Å². The van der Waals surface area contributed by atoms with Crippen LogP contribution in [0.25, 0.3) is 22.4 Å². The van der Waals surface area contributed by atoms with Gasteiger partial charge in [0, 0.05) is 24.3 Å². The Morgan fingerprint density at radius 1 is 1.20 bits per heavy atom. The number of nitrogens with one attached hydrogen (secondary N) is 1. The quantitative estimate of drug-likeness (QED) is 0.796. The number of H-pyrrole nitrogens is 1. The molecular weight excluding hydrogens is 310 g/mol. The number of nitrogens with zero attached hydrogens (tertiary/aromatic N) is 4. The zero-order valence-corrected chi connectivity index (χ0v) is 14.9. The van der Waals surface area contributed by atoms with E-state index in [1.165, 1.54) is 31.5 Å². The van der Waals surface area contributed by atoms with Crippen molar-refractivity contribution in [2.45, 2.75) is 25.4 Å². The smallest absolute Gasteiger partial charge is 0.156 e. The first-order valence-electron chi connectivity index (χ1n) is 8.97. The molecule has 0 spiro atoms. The number of rotatable bonds is 4. The summed E-state index contributed by atoms with van der Waals surface area (Å²) in [6, 6.07) is 11.4. The molecule has 1 fully saturated rings. The first-order chi connectivity index (χ1) is 12.2. The van der Waals surface area contributed by atoms with Crippen molar-refractivity contribution in [2.75, 3.05) is 27.2 Å². The minimum Gasteiger partial charge on any atom is -0.345 e. The molecule has 1 aliphatic heterocycles. The molecule has 0 bridgehead atoms. The molecule has 1 saturated heterocycles. The van der Waals surface area contributed by atoms with E-state index in [4.69, 9.17) is 4.98 Å². The molecule has 25 heavy (non-hydrogen) atoms. The van der Waals surface area contributed by atoms with E-state index >= 15 is 0 Å². The molecule has 0 aliphatic carbocycles. The Balaban J connectivity index is 1.48. The third-order valence-electron chi connectivity index (χ3n) is 5.18. The zero-order valence-electron chi connectivity index (χ0n) is 14.9. The average molecular weight is 335 g/mol. The summed E-state index contributed by atoms with van der Waals surface area (Å²) in [5.74, 6) is 0. The average Bonchev–Trinajstić information content (AvgIpc) is 3.10. The molecule has 1 aliphatic rings. The van der Waals surface area contributed by atoms with Gasteiger partial charge in [-0.25, -0.2) is 9.97 Å². The second kappa shape index (κ2) is 6.94. The van der Waals surface area contributed by atoms with Gasteiger partial charge in [0.05, 0.1) is 11.9 Å². The second-order valence-corrected chi connectivity index (χ2v) is 7.14.